The van der Waals surface area contributed by atoms with Crippen LogP contribution in [0.5, 0.6) is 0 Å². The molecule has 1 unspecified atom stereocenters. The molecule has 5 N–H and O–H groups in total. The Kier molecular flexibility index (Phi) is 22.1. The monoisotopic (exact) mass is 780 g/mol. The Morgan fingerprint density at radius 2 is 1.07 bits per heavy atom. The molecule has 2 aliphatic rings. The van der Waals surface area contributed by atoms with Crippen molar-refractivity contribution in [1.29, 1.82) is 0 Å². The van der Waals surface area contributed by atoms with Crippen molar-refractivity contribution in [2.24, 2.45) is 0 Å². The smallest absolute Gasteiger partial charge is 0.332 e. The highest BCUT2D eigenvalue weighted by Crippen LogP contribution is 2.33. The molecule has 18 nitrogen and oxygen atoms in total. The number of aliphatic hydroxyl groups is 4. The van der Waals surface area contributed by atoms with Gasteiger partial charge in [0.1, 0.15) is 37.1 Å². The summed E-state index contributed by atoms with van der Waals surface area (Å²) in [5, 5.41) is 50.3. The summed E-state index contributed by atoms with van der Waals surface area (Å²) >= 11 is 0. The molecule has 2 aliphatic heterocycles. The molecule has 0 radical (unpaired) electrons. The zero-order valence-electron chi connectivity index (χ0n) is 31.7. The van der Waals surface area contributed by atoms with Gasteiger partial charge < -0.3 is 63.4 Å². The number of esters is 4. The highest BCUT2D eigenvalue weighted by Gasteiger charge is 2.55. The largest absolute Gasteiger partial charge is 0.479 e. The number of rotatable bonds is 25. The molecule has 312 valence electrons. The van der Waals surface area contributed by atoms with E-state index in [0.29, 0.717) is 12.8 Å². The van der Waals surface area contributed by atoms with Gasteiger partial charge in [-0.1, -0.05) is 70.6 Å². The predicted octanol–water partition coefficient (Wildman–Crippen LogP) is 1.43. The van der Waals surface area contributed by atoms with Crippen LogP contribution in [0.25, 0.3) is 0 Å². The molecule has 0 saturated carbocycles. The number of carboxylic acids is 1. The third-order valence-electron chi connectivity index (χ3n) is 9.00. The van der Waals surface area contributed by atoms with Crippen molar-refractivity contribution in [3.63, 3.8) is 0 Å². The average Bonchev–Trinajstić information content (AvgIpc) is 3.10. The molecule has 0 aromatic heterocycles. The van der Waals surface area contributed by atoms with Crippen LogP contribution >= 0.6 is 0 Å². The second-order valence-electron chi connectivity index (χ2n) is 13.6. The van der Waals surface area contributed by atoms with Gasteiger partial charge >= 0.3 is 29.8 Å². The summed E-state index contributed by atoms with van der Waals surface area (Å²) in [5.74, 6) is -4.35. The number of carboxylic acid groups (broad SMARTS) is 1. The van der Waals surface area contributed by atoms with Gasteiger partial charge in [0.15, 0.2) is 37.0 Å². The summed E-state index contributed by atoms with van der Waals surface area (Å²) in [6, 6.07) is 0. The molecule has 2 fully saturated rings. The molecule has 0 aromatic carbocycles. The Labute approximate surface area is 315 Å². The van der Waals surface area contributed by atoms with Crippen molar-refractivity contribution in [1.82, 2.24) is 0 Å². The molecule has 0 bridgehead atoms. The van der Waals surface area contributed by atoms with Crippen LogP contribution in [0.1, 0.15) is 111 Å². The van der Waals surface area contributed by atoms with Crippen LogP contribution in [0, 0.1) is 0 Å². The van der Waals surface area contributed by atoms with Gasteiger partial charge in [-0.2, -0.15) is 0 Å². The van der Waals surface area contributed by atoms with Gasteiger partial charge in [-0.3, -0.25) is 19.2 Å². The van der Waals surface area contributed by atoms with E-state index in [9.17, 15) is 44.4 Å². The average molecular weight is 781 g/mol. The maximum Gasteiger partial charge on any atom is 0.332 e. The quantitative estimate of drug-likeness (QED) is 0.0498. The Balaban J connectivity index is 1.91. The molecule has 2 saturated heterocycles. The highest BCUT2D eigenvalue weighted by molar-refractivity contribution is 5.71. The second kappa shape index (κ2) is 25.2. The van der Waals surface area contributed by atoms with Crippen LogP contribution in [-0.2, 0) is 61.9 Å². The van der Waals surface area contributed by atoms with Gasteiger partial charge in [-0.25, -0.2) is 4.79 Å². The lowest BCUT2D eigenvalue weighted by molar-refractivity contribution is -0.360. The molecule has 0 aliphatic carbocycles. The summed E-state index contributed by atoms with van der Waals surface area (Å²) in [7, 11) is 0. The molecular formula is C36H60O18. The molecule has 2 heterocycles. The van der Waals surface area contributed by atoms with E-state index in [1.165, 1.54) is 0 Å². The first-order valence-electron chi connectivity index (χ1n) is 18.8. The first-order valence-corrected chi connectivity index (χ1v) is 18.8. The fourth-order valence-corrected chi connectivity index (χ4v) is 6.34. The van der Waals surface area contributed by atoms with Gasteiger partial charge in [0, 0.05) is 34.3 Å². The van der Waals surface area contributed by atoms with Crippen molar-refractivity contribution in [3.8, 4) is 0 Å². The third kappa shape index (κ3) is 16.8. The zero-order valence-corrected chi connectivity index (χ0v) is 31.7. The number of hydrogen-bond acceptors (Lipinski definition) is 17. The third-order valence-corrected chi connectivity index (χ3v) is 9.00. The molecule has 0 aromatic rings. The minimum absolute atomic E-state index is 0.198. The fraction of sp³-hybridized carbons (Fsp3) is 0.861. The fourth-order valence-electron chi connectivity index (χ4n) is 6.34. The number of hydrogen-bond donors (Lipinski definition) is 5. The highest BCUT2D eigenvalue weighted by atomic mass is 16.8. The van der Waals surface area contributed by atoms with Crippen LogP contribution in [0.15, 0.2) is 0 Å². The zero-order chi connectivity index (χ0) is 40.2. The van der Waals surface area contributed by atoms with Crippen molar-refractivity contribution in [2.45, 2.75) is 179 Å². The summed E-state index contributed by atoms with van der Waals surface area (Å²) < 4.78 is 44.6. The molecule has 0 spiro atoms. The van der Waals surface area contributed by atoms with Gasteiger partial charge in [-0.05, 0) is 12.8 Å². The lowest BCUT2D eigenvalue weighted by atomic mass is 9.96. The second-order valence-corrected chi connectivity index (χ2v) is 13.6. The van der Waals surface area contributed by atoms with E-state index < -0.39 is 111 Å². The SMILES string of the molecule is CC(=O)OC[C@H]1O[C@@H](OCCCCCCCCCCCCCCC(O)C(=O)O)[C@H](O)[C@@H](O)[C@@H]1O[C@@H]1O[C@H](CO)[C@@H](OC(C)=O)[C@H](OC(C)=O)[C@H]1OC(C)=O. The topological polar surface area (TPSA) is 260 Å². The molecule has 11 atom stereocenters. The standard InChI is InChI=1S/C36H60O18/c1-21(38)48-20-27-30(54-36-33(51-24(4)41)32(50-23(3)40)31(49-22(2)39)26(19-37)52-36)28(43)29(44)35(53-27)47-18-16-14-12-10-8-6-5-7-9-11-13-15-17-25(42)34(45)46/h25-33,35-37,42-44H,5-20H2,1-4H3,(H,45,46)/t25?,26-,27-,28-,29-,30-,31-,32+,33-,35-,36+/m1/s1. The van der Waals surface area contributed by atoms with Gasteiger partial charge in [-0.15, -0.1) is 0 Å². The minimum Gasteiger partial charge on any atom is -0.479 e. The van der Waals surface area contributed by atoms with Gasteiger partial charge in [0.05, 0.1) is 6.61 Å². The molecule has 0 amide bonds. The number of ether oxygens (including phenoxy) is 8. The number of aliphatic carboxylic acids is 1. The molecule has 54 heavy (non-hydrogen) atoms. The maximum atomic E-state index is 12.1. The van der Waals surface area contributed by atoms with E-state index in [-0.39, 0.29) is 13.0 Å². The minimum atomic E-state index is -1.72. The summed E-state index contributed by atoms with van der Waals surface area (Å²) in [6.45, 7) is 3.36. The number of carbonyl (C=O) groups excluding carboxylic acids is 4. The first-order chi connectivity index (χ1) is 25.7. The Bertz CT molecular complexity index is 1150. The maximum absolute atomic E-state index is 12.1. The van der Waals surface area contributed by atoms with Crippen LogP contribution < -0.4 is 0 Å². The van der Waals surface area contributed by atoms with Crippen LogP contribution in [0.2, 0.25) is 0 Å². The van der Waals surface area contributed by atoms with E-state index in [1.807, 2.05) is 0 Å². The summed E-state index contributed by atoms with van der Waals surface area (Å²) in [4.78, 5) is 58.4. The molecule has 2 rings (SSSR count). The van der Waals surface area contributed by atoms with Crippen molar-refractivity contribution in [3.05, 3.63) is 0 Å². The van der Waals surface area contributed by atoms with Gasteiger partial charge in [0.2, 0.25) is 0 Å². The summed E-state index contributed by atoms with van der Waals surface area (Å²) in [6.07, 6.45) is -4.26. The van der Waals surface area contributed by atoms with Crippen LogP contribution in [-0.4, -0.2) is 143 Å². The van der Waals surface area contributed by atoms with Crippen LogP contribution in [0.4, 0.5) is 0 Å². The van der Waals surface area contributed by atoms with E-state index in [4.69, 9.17) is 43.0 Å². The van der Waals surface area contributed by atoms with E-state index in [1.54, 1.807) is 0 Å². The van der Waals surface area contributed by atoms with E-state index in [2.05, 4.69) is 0 Å². The molecular weight excluding hydrogens is 720 g/mol. The van der Waals surface area contributed by atoms with Gasteiger partial charge in [0.25, 0.3) is 0 Å². The predicted molar refractivity (Wildman–Crippen MR) is 184 cm³/mol. The van der Waals surface area contributed by atoms with Crippen molar-refractivity contribution >= 4 is 29.8 Å². The lowest BCUT2D eigenvalue weighted by Crippen LogP contribution is -2.66. The van der Waals surface area contributed by atoms with Crippen LogP contribution in [0.3, 0.4) is 0 Å². The molecule has 18 heteroatoms. The number of carbonyl (C=O) groups is 5. The Morgan fingerprint density at radius 1 is 0.593 bits per heavy atom. The first kappa shape index (κ1) is 47.2. The Morgan fingerprint density at radius 3 is 1.57 bits per heavy atom. The lowest BCUT2D eigenvalue weighted by Gasteiger charge is -2.47. The van der Waals surface area contributed by atoms with E-state index >= 15 is 0 Å². The Hall–Kier alpha value is -2.97. The van der Waals surface area contributed by atoms with E-state index in [0.717, 1.165) is 91.9 Å². The normalized spacial score (nSPS) is 28.8. The summed E-state index contributed by atoms with van der Waals surface area (Å²) in [5.41, 5.74) is 0. The number of aliphatic hydroxyl groups excluding tert-OH is 4. The van der Waals surface area contributed by atoms with Crippen molar-refractivity contribution in [2.75, 3.05) is 19.8 Å². The van der Waals surface area contributed by atoms with Crippen molar-refractivity contribution < 1.29 is 87.4 Å². The number of unbranched alkanes of at least 4 members (excludes halogenated alkanes) is 11.